The maximum absolute atomic E-state index is 12.8. The van der Waals surface area contributed by atoms with E-state index in [1.165, 1.54) is 16.0 Å². The largest absolute Gasteiger partial charge is 0.428 e. The first-order chi connectivity index (χ1) is 15.0. The SMILES string of the molecule is CCCC(=O)OCOC(=O)C1CNCCN1c1ccccc1Sc1ccc(C)cc1C. The third kappa shape index (κ3) is 6.24. The van der Waals surface area contributed by atoms with Gasteiger partial charge in [-0.2, -0.15) is 0 Å². The molecule has 0 amide bonds. The van der Waals surface area contributed by atoms with Gasteiger partial charge in [-0.05, 0) is 44.0 Å². The fraction of sp³-hybridized carbons (Fsp3) is 0.417. The van der Waals surface area contributed by atoms with Gasteiger partial charge in [-0.1, -0.05) is 48.5 Å². The summed E-state index contributed by atoms with van der Waals surface area (Å²) in [6.45, 7) is 7.68. The Balaban J connectivity index is 1.75. The maximum Gasteiger partial charge on any atom is 0.332 e. The summed E-state index contributed by atoms with van der Waals surface area (Å²) < 4.78 is 10.3. The fourth-order valence-corrected chi connectivity index (χ4v) is 4.57. The van der Waals surface area contributed by atoms with E-state index in [0.29, 0.717) is 25.9 Å². The number of esters is 2. The molecule has 3 rings (SSSR count). The molecule has 1 saturated heterocycles. The lowest BCUT2D eigenvalue weighted by molar-refractivity contribution is -0.168. The second-order valence-electron chi connectivity index (χ2n) is 7.60. The summed E-state index contributed by atoms with van der Waals surface area (Å²) in [5.74, 6) is -0.757. The molecule has 0 aliphatic carbocycles. The molecule has 7 heteroatoms. The first kappa shape index (κ1) is 23.2. The van der Waals surface area contributed by atoms with Crippen LogP contribution in [0.4, 0.5) is 5.69 Å². The number of anilines is 1. The number of hydrogen-bond acceptors (Lipinski definition) is 7. The molecule has 1 heterocycles. The topological polar surface area (TPSA) is 67.9 Å². The van der Waals surface area contributed by atoms with Crippen LogP contribution in [0.5, 0.6) is 0 Å². The van der Waals surface area contributed by atoms with Crippen LogP contribution in [0, 0.1) is 13.8 Å². The molecule has 2 aromatic carbocycles. The molecule has 6 nitrogen and oxygen atoms in total. The van der Waals surface area contributed by atoms with Gasteiger partial charge in [0.1, 0.15) is 6.04 Å². The van der Waals surface area contributed by atoms with E-state index >= 15 is 0 Å². The first-order valence-electron chi connectivity index (χ1n) is 10.6. The minimum absolute atomic E-state index is 0.317. The highest BCUT2D eigenvalue weighted by Crippen LogP contribution is 2.38. The smallest absolute Gasteiger partial charge is 0.332 e. The molecule has 1 aliphatic heterocycles. The van der Waals surface area contributed by atoms with Crippen molar-refractivity contribution in [1.82, 2.24) is 5.32 Å². The van der Waals surface area contributed by atoms with Gasteiger partial charge in [-0.15, -0.1) is 0 Å². The van der Waals surface area contributed by atoms with Crippen LogP contribution in [-0.2, 0) is 19.1 Å². The summed E-state index contributed by atoms with van der Waals surface area (Å²) in [7, 11) is 0. The number of carbonyl (C=O) groups excluding carboxylic acids is 2. The van der Waals surface area contributed by atoms with Crippen molar-refractivity contribution in [2.24, 2.45) is 0 Å². The lowest BCUT2D eigenvalue weighted by Crippen LogP contribution is -2.56. The summed E-state index contributed by atoms with van der Waals surface area (Å²) >= 11 is 1.70. The third-order valence-corrected chi connectivity index (χ3v) is 6.36. The Morgan fingerprint density at radius 1 is 1.13 bits per heavy atom. The Hall–Kier alpha value is -2.51. The number of hydrogen-bond donors (Lipinski definition) is 1. The number of ether oxygens (including phenoxy) is 2. The molecule has 31 heavy (non-hydrogen) atoms. The van der Waals surface area contributed by atoms with Crippen molar-refractivity contribution in [3.8, 4) is 0 Å². The van der Waals surface area contributed by atoms with E-state index in [-0.39, 0.29) is 12.8 Å². The molecule has 0 aromatic heterocycles. The summed E-state index contributed by atoms with van der Waals surface area (Å²) in [5, 5.41) is 3.26. The van der Waals surface area contributed by atoms with E-state index in [2.05, 4.69) is 48.3 Å². The molecular formula is C24H30N2O4S. The highest BCUT2D eigenvalue weighted by Gasteiger charge is 2.31. The molecular weight excluding hydrogens is 412 g/mol. The van der Waals surface area contributed by atoms with Crippen molar-refractivity contribution in [3.05, 3.63) is 53.6 Å². The predicted molar refractivity (Wildman–Crippen MR) is 122 cm³/mol. The first-order valence-corrected chi connectivity index (χ1v) is 11.4. The monoisotopic (exact) mass is 442 g/mol. The summed E-state index contributed by atoms with van der Waals surface area (Å²) in [6.07, 6.45) is 1.01. The second-order valence-corrected chi connectivity index (χ2v) is 8.68. The van der Waals surface area contributed by atoms with E-state index in [9.17, 15) is 9.59 Å². The molecule has 1 aliphatic rings. The van der Waals surface area contributed by atoms with Crippen molar-refractivity contribution in [3.63, 3.8) is 0 Å². The summed E-state index contributed by atoms with van der Waals surface area (Å²) in [6, 6.07) is 14.1. The Morgan fingerprint density at radius 2 is 1.94 bits per heavy atom. The van der Waals surface area contributed by atoms with E-state index in [4.69, 9.17) is 9.47 Å². The molecule has 0 spiro atoms. The van der Waals surface area contributed by atoms with Crippen molar-refractivity contribution >= 4 is 29.4 Å². The van der Waals surface area contributed by atoms with Crippen LogP contribution in [0.2, 0.25) is 0 Å². The van der Waals surface area contributed by atoms with E-state index in [1.54, 1.807) is 11.8 Å². The van der Waals surface area contributed by atoms with E-state index < -0.39 is 12.0 Å². The minimum atomic E-state index is -0.487. The van der Waals surface area contributed by atoms with Crippen LogP contribution in [0.1, 0.15) is 30.9 Å². The zero-order valence-corrected chi connectivity index (χ0v) is 19.2. The van der Waals surface area contributed by atoms with Crippen molar-refractivity contribution < 1.29 is 19.1 Å². The van der Waals surface area contributed by atoms with E-state index in [0.717, 1.165) is 17.1 Å². The highest BCUT2D eigenvalue weighted by atomic mass is 32.2. The quantitative estimate of drug-likeness (QED) is 0.488. The Bertz CT molecular complexity index is 918. The second kappa shape index (κ2) is 11.2. The van der Waals surface area contributed by atoms with Crippen molar-refractivity contribution in [2.75, 3.05) is 31.3 Å². The standard InChI is InChI=1S/C24H30N2O4S/c1-4-7-23(27)29-16-30-24(28)20-15-25-12-13-26(20)19-8-5-6-9-22(19)31-21-11-10-17(2)14-18(21)3/h5-6,8-11,14,20,25H,4,7,12-13,15-16H2,1-3H3. The molecule has 0 bridgehead atoms. The minimum Gasteiger partial charge on any atom is -0.428 e. The van der Waals surface area contributed by atoms with Gasteiger partial charge in [0.15, 0.2) is 0 Å². The zero-order valence-electron chi connectivity index (χ0n) is 18.3. The number of benzene rings is 2. The molecule has 1 N–H and O–H groups in total. The van der Waals surface area contributed by atoms with Crippen LogP contribution < -0.4 is 10.2 Å². The summed E-state index contributed by atoms with van der Waals surface area (Å²) in [4.78, 5) is 28.7. The average Bonchev–Trinajstić information content (AvgIpc) is 2.76. The molecule has 166 valence electrons. The van der Waals surface area contributed by atoms with E-state index in [1.807, 2.05) is 25.1 Å². The maximum atomic E-state index is 12.8. The molecule has 1 unspecified atom stereocenters. The number of carbonyl (C=O) groups is 2. The Kier molecular flexibility index (Phi) is 8.37. The van der Waals surface area contributed by atoms with Crippen LogP contribution in [0.3, 0.4) is 0 Å². The van der Waals surface area contributed by atoms with Gasteiger partial charge in [0.05, 0.1) is 5.69 Å². The van der Waals surface area contributed by atoms with Crippen LogP contribution in [0.15, 0.2) is 52.3 Å². The number of piperazine rings is 1. The van der Waals surface area contributed by atoms with Crippen molar-refractivity contribution in [2.45, 2.75) is 49.4 Å². The van der Waals surface area contributed by atoms with Gasteiger partial charge in [-0.3, -0.25) is 4.79 Å². The molecule has 2 aromatic rings. The highest BCUT2D eigenvalue weighted by molar-refractivity contribution is 7.99. The normalized spacial score (nSPS) is 16.1. The Morgan fingerprint density at radius 3 is 2.71 bits per heavy atom. The number of nitrogens with one attached hydrogen (secondary N) is 1. The van der Waals surface area contributed by atoms with Gasteiger partial charge in [-0.25, -0.2) is 4.79 Å². The van der Waals surface area contributed by atoms with Crippen LogP contribution in [0.25, 0.3) is 0 Å². The number of nitrogens with zero attached hydrogens (tertiary/aromatic N) is 1. The molecule has 1 atom stereocenters. The number of rotatable bonds is 8. The number of para-hydroxylation sites is 1. The van der Waals surface area contributed by atoms with Crippen molar-refractivity contribution in [1.29, 1.82) is 0 Å². The number of aryl methyl sites for hydroxylation is 2. The third-order valence-electron chi connectivity index (χ3n) is 5.12. The summed E-state index contributed by atoms with van der Waals surface area (Å²) in [5.41, 5.74) is 3.46. The van der Waals surface area contributed by atoms with Crippen LogP contribution in [-0.4, -0.2) is 44.4 Å². The fourth-order valence-electron chi connectivity index (χ4n) is 3.54. The zero-order chi connectivity index (χ0) is 22.2. The van der Waals surface area contributed by atoms with Gasteiger partial charge >= 0.3 is 11.9 Å². The van der Waals surface area contributed by atoms with Gasteiger partial charge in [0, 0.05) is 35.8 Å². The van der Waals surface area contributed by atoms with Gasteiger partial charge in [0.25, 0.3) is 0 Å². The molecule has 0 radical (unpaired) electrons. The predicted octanol–water partition coefficient (Wildman–Crippen LogP) is 4.08. The molecule has 1 fully saturated rings. The van der Waals surface area contributed by atoms with Crippen LogP contribution >= 0.6 is 11.8 Å². The van der Waals surface area contributed by atoms with Gasteiger partial charge < -0.3 is 19.7 Å². The lowest BCUT2D eigenvalue weighted by Gasteiger charge is -2.37. The molecule has 0 saturated carbocycles. The lowest BCUT2D eigenvalue weighted by atomic mass is 10.1. The Labute approximate surface area is 188 Å². The van der Waals surface area contributed by atoms with Gasteiger partial charge in [0.2, 0.25) is 6.79 Å². The average molecular weight is 443 g/mol.